The van der Waals surface area contributed by atoms with E-state index in [1.54, 1.807) is 17.5 Å². The largest absolute Gasteiger partial charge is 0.381 e. The summed E-state index contributed by atoms with van der Waals surface area (Å²) in [5.74, 6) is 0.0319. The van der Waals surface area contributed by atoms with Crippen LogP contribution in [0.5, 0.6) is 0 Å². The van der Waals surface area contributed by atoms with Crippen molar-refractivity contribution >= 4 is 22.9 Å². The van der Waals surface area contributed by atoms with Crippen molar-refractivity contribution in [2.75, 3.05) is 18.5 Å². The zero-order valence-corrected chi connectivity index (χ0v) is 11.4. The summed E-state index contributed by atoms with van der Waals surface area (Å²) in [6, 6.07) is 3.91. The van der Waals surface area contributed by atoms with Crippen molar-refractivity contribution in [1.82, 2.24) is 10.2 Å². The summed E-state index contributed by atoms with van der Waals surface area (Å²) in [5.41, 5.74) is 1.85. The Morgan fingerprint density at radius 3 is 3.21 bits per heavy atom. The summed E-state index contributed by atoms with van der Waals surface area (Å²) in [7, 11) is 0. The average molecular weight is 277 g/mol. The number of nitrogens with zero attached hydrogens (tertiary/aromatic N) is 1. The second-order valence-corrected chi connectivity index (χ2v) is 5.86. The van der Waals surface area contributed by atoms with Crippen molar-refractivity contribution in [3.63, 3.8) is 0 Å². The van der Waals surface area contributed by atoms with Gasteiger partial charge in [-0.05, 0) is 25.5 Å². The summed E-state index contributed by atoms with van der Waals surface area (Å²) in [6.07, 6.45) is 2.53. The molecule has 5 nitrogen and oxygen atoms in total. The van der Waals surface area contributed by atoms with Gasteiger partial charge >= 0.3 is 0 Å². The van der Waals surface area contributed by atoms with E-state index in [0.717, 1.165) is 27.6 Å². The van der Waals surface area contributed by atoms with Gasteiger partial charge in [-0.25, -0.2) is 0 Å². The van der Waals surface area contributed by atoms with E-state index in [0.29, 0.717) is 13.2 Å². The predicted octanol–water partition coefficient (Wildman–Crippen LogP) is 2.42. The highest BCUT2D eigenvalue weighted by Crippen LogP contribution is 2.33. The number of hydrogen-bond donors (Lipinski definition) is 2. The van der Waals surface area contributed by atoms with E-state index in [2.05, 4.69) is 15.5 Å². The van der Waals surface area contributed by atoms with Gasteiger partial charge < -0.3 is 10.1 Å². The van der Waals surface area contributed by atoms with E-state index in [1.165, 1.54) is 0 Å². The monoisotopic (exact) mass is 277 g/mol. The molecule has 1 amide bonds. The molecule has 1 saturated heterocycles. The summed E-state index contributed by atoms with van der Waals surface area (Å²) in [5, 5.41) is 9.86. The number of carbonyl (C=O) groups is 1. The first kappa shape index (κ1) is 12.4. The SMILES string of the molecule is Cc1sc(-c2ccn[nH]2)cc1NC(=O)C1CCOC1. The molecule has 1 unspecified atom stereocenters. The molecule has 19 heavy (non-hydrogen) atoms. The van der Waals surface area contributed by atoms with E-state index >= 15 is 0 Å². The van der Waals surface area contributed by atoms with Gasteiger partial charge in [-0.1, -0.05) is 0 Å². The minimum Gasteiger partial charge on any atom is -0.381 e. The minimum absolute atomic E-state index is 0.0186. The van der Waals surface area contributed by atoms with Crippen LogP contribution in [0, 0.1) is 12.8 Å². The zero-order chi connectivity index (χ0) is 13.2. The second-order valence-electron chi connectivity index (χ2n) is 4.60. The van der Waals surface area contributed by atoms with Crippen LogP contribution in [0.1, 0.15) is 11.3 Å². The highest BCUT2D eigenvalue weighted by atomic mass is 32.1. The van der Waals surface area contributed by atoms with Crippen molar-refractivity contribution in [2.45, 2.75) is 13.3 Å². The Morgan fingerprint density at radius 1 is 1.63 bits per heavy atom. The maximum atomic E-state index is 12.1. The lowest BCUT2D eigenvalue weighted by molar-refractivity contribution is -0.119. The number of rotatable bonds is 3. The molecule has 2 N–H and O–H groups in total. The van der Waals surface area contributed by atoms with Crippen LogP contribution in [0.25, 0.3) is 10.6 Å². The first-order chi connectivity index (χ1) is 9.24. The number of thiophene rings is 1. The number of hydrogen-bond acceptors (Lipinski definition) is 4. The molecule has 0 bridgehead atoms. The van der Waals surface area contributed by atoms with Gasteiger partial charge in [-0.15, -0.1) is 11.3 Å². The molecule has 0 radical (unpaired) electrons. The molecule has 0 aromatic carbocycles. The second kappa shape index (κ2) is 5.14. The first-order valence-corrected chi connectivity index (χ1v) is 7.04. The fourth-order valence-electron chi connectivity index (χ4n) is 2.11. The van der Waals surface area contributed by atoms with Gasteiger partial charge in [0.15, 0.2) is 0 Å². The van der Waals surface area contributed by atoms with Crippen molar-refractivity contribution in [1.29, 1.82) is 0 Å². The lowest BCUT2D eigenvalue weighted by Crippen LogP contribution is -2.22. The molecule has 3 heterocycles. The lowest BCUT2D eigenvalue weighted by Gasteiger charge is -2.08. The van der Waals surface area contributed by atoms with Gasteiger partial charge in [0.1, 0.15) is 0 Å². The zero-order valence-electron chi connectivity index (χ0n) is 10.6. The van der Waals surface area contributed by atoms with Gasteiger partial charge in [0.2, 0.25) is 5.91 Å². The molecule has 0 saturated carbocycles. The normalized spacial score (nSPS) is 18.7. The predicted molar refractivity (Wildman–Crippen MR) is 74.2 cm³/mol. The number of aryl methyl sites for hydroxylation is 1. The Kier molecular flexibility index (Phi) is 3.35. The highest BCUT2D eigenvalue weighted by molar-refractivity contribution is 7.16. The number of carbonyl (C=O) groups excluding carboxylic acids is 1. The summed E-state index contributed by atoms with van der Waals surface area (Å²) >= 11 is 1.64. The topological polar surface area (TPSA) is 67.0 Å². The van der Waals surface area contributed by atoms with Gasteiger partial charge in [0, 0.05) is 17.7 Å². The Hall–Kier alpha value is -1.66. The van der Waals surface area contributed by atoms with Gasteiger partial charge in [-0.3, -0.25) is 9.89 Å². The third-order valence-corrected chi connectivity index (χ3v) is 4.33. The summed E-state index contributed by atoms with van der Waals surface area (Å²) < 4.78 is 5.24. The molecular weight excluding hydrogens is 262 g/mol. The Labute approximate surface area is 115 Å². The van der Waals surface area contributed by atoms with Crippen LogP contribution in [0.2, 0.25) is 0 Å². The van der Waals surface area contributed by atoms with E-state index in [9.17, 15) is 4.79 Å². The summed E-state index contributed by atoms with van der Waals surface area (Å²) in [6.45, 7) is 3.22. The molecule has 2 aromatic rings. The Bertz CT molecular complexity index is 571. The van der Waals surface area contributed by atoms with Crippen LogP contribution in [0.3, 0.4) is 0 Å². The van der Waals surface area contributed by atoms with Crippen LogP contribution < -0.4 is 5.32 Å². The number of amides is 1. The third kappa shape index (κ3) is 2.54. The van der Waals surface area contributed by atoms with Crippen molar-refractivity contribution < 1.29 is 9.53 Å². The molecule has 2 aromatic heterocycles. The molecule has 1 aliphatic rings. The average Bonchev–Trinajstić information content (AvgIpc) is 3.09. The number of H-pyrrole nitrogens is 1. The fraction of sp³-hybridized carbons (Fsp3) is 0.385. The van der Waals surface area contributed by atoms with E-state index in [1.807, 2.05) is 19.1 Å². The van der Waals surface area contributed by atoms with Gasteiger partial charge in [-0.2, -0.15) is 5.10 Å². The molecule has 6 heteroatoms. The molecule has 1 aliphatic heterocycles. The molecule has 0 spiro atoms. The lowest BCUT2D eigenvalue weighted by atomic mass is 10.1. The van der Waals surface area contributed by atoms with Crippen molar-refractivity contribution in [2.24, 2.45) is 5.92 Å². The maximum Gasteiger partial charge on any atom is 0.229 e. The molecule has 100 valence electrons. The number of ether oxygens (including phenoxy) is 1. The van der Waals surface area contributed by atoms with Gasteiger partial charge in [0.05, 0.1) is 28.8 Å². The third-order valence-electron chi connectivity index (χ3n) is 3.24. The number of aromatic nitrogens is 2. The van der Waals surface area contributed by atoms with Crippen LogP contribution in [0.15, 0.2) is 18.3 Å². The van der Waals surface area contributed by atoms with Crippen molar-refractivity contribution in [3.8, 4) is 10.6 Å². The van der Waals surface area contributed by atoms with Crippen LogP contribution >= 0.6 is 11.3 Å². The smallest absolute Gasteiger partial charge is 0.229 e. The van der Waals surface area contributed by atoms with Crippen LogP contribution in [-0.2, 0) is 9.53 Å². The molecule has 1 atom stereocenters. The van der Waals surface area contributed by atoms with Crippen LogP contribution in [0.4, 0.5) is 5.69 Å². The molecule has 3 rings (SSSR count). The molecule has 1 fully saturated rings. The van der Waals surface area contributed by atoms with E-state index in [4.69, 9.17) is 4.74 Å². The Balaban J connectivity index is 1.76. The molecule has 0 aliphatic carbocycles. The van der Waals surface area contributed by atoms with Crippen molar-refractivity contribution in [3.05, 3.63) is 23.2 Å². The molecular formula is C13H15N3O2S. The van der Waals surface area contributed by atoms with E-state index in [-0.39, 0.29) is 11.8 Å². The summed E-state index contributed by atoms with van der Waals surface area (Å²) in [4.78, 5) is 14.2. The maximum absolute atomic E-state index is 12.1. The number of nitrogens with one attached hydrogen (secondary N) is 2. The standard InChI is InChI=1S/C13H15N3O2S/c1-8-11(15-13(17)9-3-5-18-7-9)6-12(19-8)10-2-4-14-16-10/h2,4,6,9H,3,5,7H2,1H3,(H,14,16)(H,15,17). The highest BCUT2D eigenvalue weighted by Gasteiger charge is 2.24. The first-order valence-electron chi connectivity index (χ1n) is 6.23. The van der Waals surface area contributed by atoms with Crippen LogP contribution in [-0.4, -0.2) is 29.3 Å². The van der Waals surface area contributed by atoms with E-state index < -0.39 is 0 Å². The minimum atomic E-state index is -0.0186. The van der Waals surface area contributed by atoms with Gasteiger partial charge in [0.25, 0.3) is 0 Å². The number of aromatic amines is 1. The Morgan fingerprint density at radius 2 is 2.53 bits per heavy atom. The number of anilines is 1. The quantitative estimate of drug-likeness (QED) is 0.905. The fourth-order valence-corrected chi connectivity index (χ4v) is 3.06.